The molecule has 2 N–H and O–H groups in total. The van der Waals surface area contributed by atoms with Crippen LogP contribution in [0.1, 0.15) is 25.3 Å². The average molecular weight is 279 g/mol. The highest BCUT2D eigenvalue weighted by Crippen LogP contribution is 2.02. The van der Waals surface area contributed by atoms with Crippen LogP contribution in [-0.4, -0.2) is 36.7 Å². The molecule has 3 nitrogen and oxygen atoms in total. The molecule has 0 bridgehead atoms. The molecule has 0 radical (unpaired) electrons. The van der Waals surface area contributed by atoms with E-state index in [9.17, 15) is 0 Å². The molecule has 0 aliphatic heterocycles. The second-order valence-corrected chi connectivity index (χ2v) is 5.17. The number of benzene rings is 1. The van der Waals surface area contributed by atoms with Crippen LogP contribution in [0.4, 0.5) is 0 Å². The highest BCUT2D eigenvalue weighted by atomic mass is 32.1. The molecule has 0 atom stereocenters. The van der Waals surface area contributed by atoms with Crippen LogP contribution in [0.3, 0.4) is 0 Å². The summed E-state index contributed by atoms with van der Waals surface area (Å²) in [4.78, 5) is 2.33. The molecule has 0 saturated carbocycles. The highest BCUT2D eigenvalue weighted by Gasteiger charge is 2.00. The van der Waals surface area contributed by atoms with Gasteiger partial charge in [-0.25, -0.2) is 0 Å². The monoisotopic (exact) mass is 279 g/mol. The number of rotatable bonds is 8. The van der Waals surface area contributed by atoms with E-state index in [-0.39, 0.29) is 0 Å². The zero-order valence-corrected chi connectivity index (χ0v) is 12.8. The van der Waals surface area contributed by atoms with E-state index in [0.717, 1.165) is 44.1 Å². The first-order valence-corrected chi connectivity index (χ1v) is 7.37. The van der Waals surface area contributed by atoms with Gasteiger partial charge in [-0.1, -0.05) is 37.3 Å². The van der Waals surface area contributed by atoms with Gasteiger partial charge < -0.3 is 15.5 Å². The van der Waals surface area contributed by atoms with Crippen molar-refractivity contribution in [1.29, 1.82) is 0 Å². The number of thiocarbonyl (C=S) groups is 1. The summed E-state index contributed by atoms with van der Waals surface area (Å²) in [6.45, 7) is 6.07. The van der Waals surface area contributed by atoms with Gasteiger partial charge in [0.25, 0.3) is 0 Å². The molecule has 19 heavy (non-hydrogen) atoms. The van der Waals surface area contributed by atoms with Gasteiger partial charge in [0.1, 0.15) is 0 Å². The molecule has 0 aromatic heterocycles. The molecule has 0 spiro atoms. The third-order valence-electron chi connectivity index (χ3n) is 2.83. The Labute approximate surface area is 122 Å². The van der Waals surface area contributed by atoms with Crippen molar-refractivity contribution in [2.45, 2.75) is 26.3 Å². The zero-order chi connectivity index (χ0) is 13.9. The number of hydrogen-bond donors (Lipinski definition) is 2. The zero-order valence-electron chi connectivity index (χ0n) is 12.0. The van der Waals surface area contributed by atoms with Gasteiger partial charge in [0.05, 0.1) is 0 Å². The van der Waals surface area contributed by atoms with Gasteiger partial charge in [-0.15, -0.1) is 0 Å². The molecule has 0 aliphatic carbocycles. The first-order chi connectivity index (χ1) is 9.22. The van der Waals surface area contributed by atoms with Crippen LogP contribution in [0.25, 0.3) is 0 Å². The van der Waals surface area contributed by atoms with Gasteiger partial charge in [-0.05, 0) is 44.2 Å². The van der Waals surface area contributed by atoms with Crippen LogP contribution < -0.4 is 10.6 Å². The highest BCUT2D eigenvalue weighted by molar-refractivity contribution is 7.80. The van der Waals surface area contributed by atoms with Crippen molar-refractivity contribution >= 4 is 17.3 Å². The Morgan fingerprint density at radius 2 is 1.84 bits per heavy atom. The van der Waals surface area contributed by atoms with E-state index >= 15 is 0 Å². The fraction of sp³-hybridized carbons (Fsp3) is 0.533. The second-order valence-electron chi connectivity index (χ2n) is 4.76. The van der Waals surface area contributed by atoms with Gasteiger partial charge >= 0.3 is 0 Å². The summed E-state index contributed by atoms with van der Waals surface area (Å²) in [6.07, 6.45) is 2.19. The maximum absolute atomic E-state index is 5.17. The Bertz CT molecular complexity index is 354. The standard InChI is InChI=1S/C15H25N3S/c1-3-10-16-15(19)17-11-7-12-18(2)13-14-8-5-4-6-9-14/h4-6,8-9H,3,7,10-13H2,1-2H3,(H2,16,17,19). The number of hydrogen-bond acceptors (Lipinski definition) is 2. The molecular weight excluding hydrogens is 254 g/mol. The minimum absolute atomic E-state index is 0.771. The fourth-order valence-electron chi connectivity index (χ4n) is 1.83. The van der Waals surface area contributed by atoms with E-state index < -0.39 is 0 Å². The van der Waals surface area contributed by atoms with Gasteiger partial charge in [0.2, 0.25) is 0 Å². The van der Waals surface area contributed by atoms with E-state index in [0.29, 0.717) is 0 Å². The first-order valence-electron chi connectivity index (χ1n) is 6.96. The summed E-state index contributed by atoms with van der Waals surface area (Å²) < 4.78 is 0. The molecular formula is C15H25N3S. The van der Waals surface area contributed by atoms with Crippen LogP contribution in [0.2, 0.25) is 0 Å². The Kier molecular flexibility index (Phi) is 8.18. The largest absolute Gasteiger partial charge is 0.363 e. The first kappa shape index (κ1) is 15.9. The van der Waals surface area contributed by atoms with Crippen LogP contribution in [0, 0.1) is 0 Å². The van der Waals surface area contributed by atoms with Crippen molar-refractivity contribution in [1.82, 2.24) is 15.5 Å². The number of nitrogens with one attached hydrogen (secondary N) is 2. The van der Waals surface area contributed by atoms with Crippen LogP contribution in [0.15, 0.2) is 30.3 Å². The third-order valence-corrected chi connectivity index (χ3v) is 3.12. The smallest absolute Gasteiger partial charge is 0.166 e. The summed E-state index contributed by atoms with van der Waals surface area (Å²) in [5, 5.41) is 7.17. The van der Waals surface area contributed by atoms with Gasteiger partial charge in [0.15, 0.2) is 5.11 Å². The topological polar surface area (TPSA) is 27.3 Å². The fourth-order valence-corrected chi connectivity index (χ4v) is 2.03. The van der Waals surface area contributed by atoms with E-state index in [4.69, 9.17) is 12.2 Å². The van der Waals surface area contributed by atoms with Crippen molar-refractivity contribution in [3.05, 3.63) is 35.9 Å². The molecule has 1 aromatic rings. The third kappa shape index (κ3) is 7.80. The maximum atomic E-state index is 5.17. The Hall–Kier alpha value is -1.13. The lowest BCUT2D eigenvalue weighted by atomic mass is 10.2. The van der Waals surface area contributed by atoms with Crippen LogP contribution in [-0.2, 0) is 6.54 Å². The molecule has 0 unspecified atom stereocenters. The molecule has 4 heteroatoms. The summed E-state index contributed by atoms with van der Waals surface area (Å²) in [6, 6.07) is 10.6. The van der Waals surface area contributed by atoms with Crippen molar-refractivity contribution in [2.24, 2.45) is 0 Å². The minimum Gasteiger partial charge on any atom is -0.363 e. The van der Waals surface area contributed by atoms with Crippen LogP contribution >= 0.6 is 12.2 Å². The number of nitrogens with zero attached hydrogens (tertiary/aromatic N) is 1. The van der Waals surface area contributed by atoms with Gasteiger partial charge in [0, 0.05) is 19.6 Å². The SMILES string of the molecule is CCCNC(=S)NCCCN(C)Cc1ccccc1. The normalized spacial score (nSPS) is 10.5. The van der Waals surface area contributed by atoms with Gasteiger partial charge in [-0.3, -0.25) is 0 Å². The summed E-state index contributed by atoms with van der Waals surface area (Å²) in [7, 11) is 2.15. The Morgan fingerprint density at radius 1 is 1.16 bits per heavy atom. The molecule has 0 fully saturated rings. The molecule has 0 saturated heterocycles. The lowest BCUT2D eigenvalue weighted by Gasteiger charge is -2.17. The van der Waals surface area contributed by atoms with E-state index in [1.54, 1.807) is 0 Å². The van der Waals surface area contributed by atoms with Crippen molar-refractivity contribution < 1.29 is 0 Å². The van der Waals surface area contributed by atoms with E-state index in [1.165, 1.54) is 5.56 Å². The predicted octanol–water partition coefficient (Wildman–Crippen LogP) is 2.38. The molecule has 0 heterocycles. The molecule has 106 valence electrons. The molecule has 1 aromatic carbocycles. The van der Waals surface area contributed by atoms with Crippen molar-refractivity contribution in [3.8, 4) is 0 Å². The maximum Gasteiger partial charge on any atom is 0.166 e. The van der Waals surface area contributed by atoms with Gasteiger partial charge in [-0.2, -0.15) is 0 Å². The summed E-state index contributed by atoms with van der Waals surface area (Å²) in [5.41, 5.74) is 1.36. The van der Waals surface area contributed by atoms with E-state index in [1.807, 2.05) is 0 Å². The molecule has 1 rings (SSSR count). The summed E-state index contributed by atoms with van der Waals surface area (Å²) >= 11 is 5.17. The Morgan fingerprint density at radius 3 is 2.53 bits per heavy atom. The molecule has 0 aliphatic rings. The molecule has 0 amide bonds. The van der Waals surface area contributed by atoms with Crippen molar-refractivity contribution in [2.75, 3.05) is 26.7 Å². The van der Waals surface area contributed by atoms with E-state index in [2.05, 4.69) is 59.8 Å². The lowest BCUT2D eigenvalue weighted by molar-refractivity contribution is 0.322. The summed E-state index contributed by atoms with van der Waals surface area (Å²) in [5.74, 6) is 0. The quantitative estimate of drug-likeness (QED) is 0.564. The van der Waals surface area contributed by atoms with Crippen LogP contribution in [0.5, 0.6) is 0 Å². The minimum atomic E-state index is 0.771. The predicted molar refractivity (Wildman–Crippen MR) is 86.3 cm³/mol. The lowest BCUT2D eigenvalue weighted by Crippen LogP contribution is -2.37. The Balaban J connectivity index is 2.07. The van der Waals surface area contributed by atoms with Crippen molar-refractivity contribution in [3.63, 3.8) is 0 Å². The average Bonchev–Trinajstić information content (AvgIpc) is 2.42. The second kappa shape index (κ2) is 9.75.